The monoisotopic (exact) mass is 426 g/mol. The molecule has 0 bridgehead atoms. The van der Waals surface area contributed by atoms with Crippen LogP contribution in [0.15, 0.2) is 52.0 Å². The van der Waals surface area contributed by atoms with Crippen LogP contribution < -0.4 is 5.32 Å². The molecule has 152 valence electrons. The highest BCUT2D eigenvalue weighted by Gasteiger charge is 2.31. The number of aryl methyl sites for hydroxylation is 1. The lowest BCUT2D eigenvalue weighted by molar-refractivity contribution is 0.0997. The number of nitrogens with zero attached hydrogens (tertiary/aromatic N) is 1. The van der Waals surface area contributed by atoms with E-state index in [9.17, 15) is 4.79 Å². The molecule has 3 heterocycles. The summed E-state index contributed by atoms with van der Waals surface area (Å²) in [6.45, 7) is 6.46. The van der Waals surface area contributed by atoms with Crippen molar-refractivity contribution in [1.29, 1.82) is 0 Å². The molecule has 1 amide bonds. The van der Waals surface area contributed by atoms with Crippen LogP contribution in [-0.2, 0) is 0 Å². The topological polar surface area (TPSA) is 45.5 Å². The van der Waals surface area contributed by atoms with E-state index in [2.05, 4.69) is 54.6 Å². The molecule has 29 heavy (non-hydrogen) atoms. The first-order chi connectivity index (χ1) is 14.1. The maximum absolute atomic E-state index is 12.7. The molecule has 1 saturated heterocycles. The van der Waals surface area contributed by atoms with Crippen LogP contribution in [0.5, 0.6) is 0 Å². The molecule has 4 nitrogen and oxygen atoms in total. The Bertz CT molecular complexity index is 971. The molecule has 0 spiro atoms. The van der Waals surface area contributed by atoms with Crippen LogP contribution in [0.25, 0.3) is 0 Å². The molecular formula is C23H26N2O2S2. The van der Waals surface area contributed by atoms with Gasteiger partial charge in [-0.15, -0.1) is 23.1 Å². The van der Waals surface area contributed by atoms with Crippen LogP contribution in [0.3, 0.4) is 0 Å². The number of furan rings is 1. The van der Waals surface area contributed by atoms with E-state index in [-0.39, 0.29) is 11.9 Å². The molecule has 2 aromatic heterocycles. The van der Waals surface area contributed by atoms with E-state index in [4.69, 9.17) is 4.42 Å². The standard InChI is InChI=1S/C23H26N2O2S2/c1-15-16(2)29-23(24-22(26)19-7-6-14-27-19)20(15)21(25-12-4-5-13-25)17-8-10-18(28-3)11-9-17/h6-11,14,21H,4-5,12-13H2,1-3H3,(H,24,26)/t21-/m0/s1. The Kier molecular flexibility index (Phi) is 6.13. The number of thioether (sulfide) groups is 1. The Labute approximate surface area is 180 Å². The number of rotatable bonds is 6. The summed E-state index contributed by atoms with van der Waals surface area (Å²) in [5.41, 5.74) is 3.75. The fourth-order valence-corrected chi connectivity index (χ4v) is 5.48. The van der Waals surface area contributed by atoms with Gasteiger partial charge in [-0.2, -0.15) is 0 Å². The Morgan fingerprint density at radius 1 is 1.17 bits per heavy atom. The predicted octanol–water partition coefficient (Wildman–Crippen LogP) is 6.12. The summed E-state index contributed by atoms with van der Waals surface area (Å²) in [5.74, 6) is 0.136. The SMILES string of the molecule is CSc1ccc([C@@H](c2c(NC(=O)c3ccco3)sc(C)c2C)N2CCCC2)cc1. The minimum absolute atomic E-state index is 0.144. The first-order valence-electron chi connectivity index (χ1n) is 9.91. The molecular weight excluding hydrogens is 400 g/mol. The summed E-state index contributed by atoms with van der Waals surface area (Å²) < 4.78 is 5.29. The third kappa shape index (κ3) is 4.15. The number of carbonyl (C=O) groups excluding carboxylic acids is 1. The highest BCUT2D eigenvalue weighted by Crippen LogP contribution is 2.43. The van der Waals surface area contributed by atoms with Gasteiger partial charge in [0.15, 0.2) is 5.76 Å². The van der Waals surface area contributed by atoms with E-state index in [0.717, 1.165) is 18.1 Å². The molecule has 4 rings (SSSR count). The van der Waals surface area contributed by atoms with Crippen LogP contribution in [-0.4, -0.2) is 30.2 Å². The minimum Gasteiger partial charge on any atom is -0.459 e. The summed E-state index contributed by atoms with van der Waals surface area (Å²) in [7, 11) is 0. The third-order valence-corrected chi connectivity index (χ3v) is 7.50. The average Bonchev–Trinajstić information content (AvgIpc) is 3.49. The molecule has 1 N–H and O–H groups in total. The lowest BCUT2D eigenvalue weighted by Crippen LogP contribution is -2.27. The normalized spacial score (nSPS) is 15.6. The van der Waals surface area contributed by atoms with Crippen molar-refractivity contribution in [3.63, 3.8) is 0 Å². The van der Waals surface area contributed by atoms with Crippen LogP contribution in [0.2, 0.25) is 0 Å². The second kappa shape index (κ2) is 8.78. The van der Waals surface area contributed by atoms with Crippen LogP contribution >= 0.6 is 23.1 Å². The van der Waals surface area contributed by atoms with Gasteiger partial charge in [0.1, 0.15) is 5.00 Å². The van der Waals surface area contributed by atoms with Crippen molar-refractivity contribution in [2.75, 3.05) is 24.7 Å². The molecule has 0 saturated carbocycles. The van der Waals surface area contributed by atoms with Gasteiger partial charge >= 0.3 is 0 Å². The first-order valence-corrected chi connectivity index (χ1v) is 12.0. The van der Waals surface area contributed by atoms with Gasteiger partial charge in [0.05, 0.1) is 12.3 Å². The van der Waals surface area contributed by atoms with Gasteiger partial charge in [0.25, 0.3) is 5.91 Å². The van der Waals surface area contributed by atoms with E-state index in [0.29, 0.717) is 5.76 Å². The zero-order valence-electron chi connectivity index (χ0n) is 17.0. The maximum atomic E-state index is 12.7. The van der Waals surface area contributed by atoms with E-state index < -0.39 is 0 Å². The Balaban J connectivity index is 1.76. The second-order valence-electron chi connectivity index (χ2n) is 7.38. The highest BCUT2D eigenvalue weighted by molar-refractivity contribution is 7.98. The van der Waals surface area contributed by atoms with Crippen molar-refractivity contribution in [3.05, 3.63) is 70.0 Å². The number of amides is 1. The van der Waals surface area contributed by atoms with Crippen molar-refractivity contribution in [1.82, 2.24) is 4.90 Å². The average molecular weight is 427 g/mol. The molecule has 6 heteroatoms. The van der Waals surface area contributed by atoms with E-state index in [1.54, 1.807) is 35.2 Å². The van der Waals surface area contributed by atoms with Crippen molar-refractivity contribution in [3.8, 4) is 0 Å². The van der Waals surface area contributed by atoms with Crippen molar-refractivity contribution in [2.24, 2.45) is 0 Å². The quantitative estimate of drug-likeness (QED) is 0.483. The molecule has 0 unspecified atom stereocenters. The molecule has 3 aromatic rings. The highest BCUT2D eigenvalue weighted by atomic mass is 32.2. The number of benzene rings is 1. The van der Waals surface area contributed by atoms with Crippen molar-refractivity contribution < 1.29 is 9.21 Å². The van der Waals surface area contributed by atoms with Gasteiger partial charge in [-0.1, -0.05) is 12.1 Å². The molecule has 0 radical (unpaired) electrons. The Hall–Kier alpha value is -2.02. The van der Waals surface area contributed by atoms with Crippen LogP contribution in [0.1, 0.15) is 51.0 Å². The summed E-state index contributed by atoms with van der Waals surface area (Å²) >= 11 is 3.41. The minimum atomic E-state index is -0.199. The summed E-state index contributed by atoms with van der Waals surface area (Å²) in [5, 5.41) is 4.05. The Morgan fingerprint density at radius 2 is 1.90 bits per heavy atom. The fraction of sp³-hybridized carbons (Fsp3) is 0.348. The van der Waals surface area contributed by atoms with E-state index in [1.807, 2.05) is 0 Å². The fourth-order valence-electron chi connectivity index (χ4n) is 3.99. The predicted molar refractivity (Wildman–Crippen MR) is 121 cm³/mol. The molecule has 1 aromatic carbocycles. The zero-order chi connectivity index (χ0) is 20.4. The van der Waals surface area contributed by atoms with Gasteiger partial charge in [-0.25, -0.2) is 0 Å². The van der Waals surface area contributed by atoms with Gasteiger partial charge in [0, 0.05) is 15.3 Å². The van der Waals surface area contributed by atoms with Gasteiger partial charge in [0.2, 0.25) is 0 Å². The molecule has 0 aliphatic carbocycles. The number of hydrogen-bond acceptors (Lipinski definition) is 5. The van der Waals surface area contributed by atoms with E-state index >= 15 is 0 Å². The Morgan fingerprint density at radius 3 is 2.52 bits per heavy atom. The summed E-state index contributed by atoms with van der Waals surface area (Å²) in [4.78, 5) is 17.7. The number of carbonyl (C=O) groups is 1. The van der Waals surface area contributed by atoms with Crippen LogP contribution in [0, 0.1) is 13.8 Å². The largest absolute Gasteiger partial charge is 0.459 e. The smallest absolute Gasteiger partial charge is 0.291 e. The number of anilines is 1. The lowest BCUT2D eigenvalue weighted by Gasteiger charge is -2.29. The number of thiophene rings is 1. The number of nitrogens with one attached hydrogen (secondary N) is 1. The van der Waals surface area contributed by atoms with Crippen molar-refractivity contribution in [2.45, 2.75) is 37.6 Å². The second-order valence-corrected chi connectivity index (χ2v) is 9.48. The molecule has 1 fully saturated rings. The van der Waals surface area contributed by atoms with E-state index in [1.165, 1.54) is 45.6 Å². The number of likely N-dealkylation sites (tertiary alicyclic amines) is 1. The maximum Gasteiger partial charge on any atom is 0.291 e. The van der Waals surface area contributed by atoms with Crippen LogP contribution in [0.4, 0.5) is 5.00 Å². The first kappa shape index (κ1) is 20.3. The zero-order valence-corrected chi connectivity index (χ0v) is 18.7. The molecule has 1 aliphatic rings. The molecule has 1 atom stereocenters. The lowest BCUT2D eigenvalue weighted by atomic mass is 9.95. The van der Waals surface area contributed by atoms with Gasteiger partial charge < -0.3 is 9.73 Å². The third-order valence-electron chi connectivity index (χ3n) is 5.61. The van der Waals surface area contributed by atoms with Gasteiger partial charge in [-0.3, -0.25) is 9.69 Å². The summed E-state index contributed by atoms with van der Waals surface area (Å²) in [6, 6.07) is 12.4. The summed E-state index contributed by atoms with van der Waals surface area (Å²) in [6.07, 6.45) is 6.06. The number of hydrogen-bond donors (Lipinski definition) is 1. The molecule has 1 aliphatic heterocycles. The van der Waals surface area contributed by atoms with Crippen molar-refractivity contribution >= 4 is 34.0 Å². The van der Waals surface area contributed by atoms with Gasteiger partial charge in [-0.05, 0) is 81.4 Å².